The quantitative estimate of drug-likeness (QED) is 0.849. The van der Waals surface area contributed by atoms with Crippen LogP contribution in [0, 0.1) is 0 Å². The van der Waals surface area contributed by atoms with Crippen molar-refractivity contribution in [3.05, 3.63) is 33.3 Å². The highest BCUT2D eigenvalue weighted by Crippen LogP contribution is 2.33. The van der Waals surface area contributed by atoms with E-state index in [-0.39, 0.29) is 12.6 Å². The van der Waals surface area contributed by atoms with E-state index in [0.29, 0.717) is 0 Å². The molecule has 1 aromatic carbocycles. The number of aliphatic hydroxyl groups is 1. The van der Waals surface area contributed by atoms with E-state index in [1.165, 1.54) is 22.0 Å². The Morgan fingerprint density at radius 1 is 1.36 bits per heavy atom. The number of benzene rings is 1. The molecule has 14 heavy (non-hydrogen) atoms. The van der Waals surface area contributed by atoms with Crippen molar-refractivity contribution in [1.29, 1.82) is 0 Å². The molecule has 3 N–H and O–H groups in total. The molecule has 2 nitrogen and oxygen atoms in total. The minimum absolute atomic E-state index is 0.0219. The monoisotopic (exact) mass is 255 g/mol. The summed E-state index contributed by atoms with van der Waals surface area (Å²) < 4.78 is 1.18. The molecule has 0 radical (unpaired) electrons. The van der Waals surface area contributed by atoms with Crippen molar-refractivity contribution in [1.82, 2.24) is 0 Å². The third-order valence-electron chi connectivity index (χ3n) is 2.86. The van der Waals surface area contributed by atoms with Crippen LogP contribution >= 0.6 is 15.9 Å². The van der Waals surface area contributed by atoms with Crippen molar-refractivity contribution in [3.8, 4) is 0 Å². The van der Waals surface area contributed by atoms with Crippen LogP contribution in [0.5, 0.6) is 0 Å². The third-order valence-corrected chi connectivity index (χ3v) is 3.60. The lowest BCUT2D eigenvalue weighted by Gasteiger charge is -2.14. The molecule has 0 saturated carbocycles. The fraction of sp³-hybridized carbons (Fsp3) is 0.455. The van der Waals surface area contributed by atoms with E-state index in [9.17, 15) is 0 Å². The van der Waals surface area contributed by atoms with Gasteiger partial charge in [0.15, 0.2) is 0 Å². The molecular weight excluding hydrogens is 242 g/mol. The maximum absolute atomic E-state index is 9.05. The van der Waals surface area contributed by atoms with Crippen molar-refractivity contribution in [3.63, 3.8) is 0 Å². The lowest BCUT2D eigenvalue weighted by atomic mass is 9.98. The lowest BCUT2D eigenvalue weighted by Crippen LogP contribution is -2.16. The van der Waals surface area contributed by atoms with E-state index in [4.69, 9.17) is 10.8 Å². The SMILES string of the molecule is N[C@H](CO)c1ccc(Br)c2c1CCC2. The summed E-state index contributed by atoms with van der Waals surface area (Å²) in [5.41, 5.74) is 9.70. The molecule has 0 unspecified atom stereocenters. The Hall–Kier alpha value is -0.380. The fourth-order valence-electron chi connectivity index (χ4n) is 2.14. The normalized spacial score (nSPS) is 16.8. The molecule has 0 saturated heterocycles. The zero-order valence-corrected chi connectivity index (χ0v) is 9.55. The van der Waals surface area contributed by atoms with Crippen LogP contribution in [0.3, 0.4) is 0 Å². The van der Waals surface area contributed by atoms with Gasteiger partial charge in [0.1, 0.15) is 0 Å². The third kappa shape index (κ3) is 1.60. The van der Waals surface area contributed by atoms with Crippen LogP contribution in [0.1, 0.15) is 29.2 Å². The predicted octanol–water partition coefficient (Wildman–Crippen LogP) is 1.93. The maximum atomic E-state index is 9.05. The Bertz CT molecular complexity index is 351. The van der Waals surface area contributed by atoms with E-state index in [2.05, 4.69) is 15.9 Å². The van der Waals surface area contributed by atoms with E-state index in [1.807, 2.05) is 12.1 Å². The van der Waals surface area contributed by atoms with E-state index in [0.717, 1.165) is 18.4 Å². The number of fused-ring (bicyclic) bond motifs is 1. The van der Waals surface area contributed by atoms with Gasteiger partial charge in [-0.25, -0.2) is 0 Å². The number of aliphatic hydroxyl groups excluding tert-OH is 1. The summed E-state index contributed by atoms with van der Waals surface area (Å²) in [6, 6.07) is 3.83. The van der Waals surface area contributed by atoms with Gasteiger partial charge in [0, 0.05) is 4.47 Å². The van der Waals surface area contributed by atoms with Crippen molar-refractivity contribution in [2.45, 2.75) is 25.3 Å². The van der Waals surface area contributed by atoms with Gasteiger partial charge in [-0.2, -0.15) is 0 Å². The van der Waals surface area contributed by atoms with Gasteiger partial charge in [-0.1, -0.05) is 22.0 Å². The molecule has 76 valence electrons. The number of hydrogen-bond acceptors (Lipinski definition) is 2. The maximum Gasteiger partial charge on any atom is 0.0624 e. The molecule has 1 atom stereocenters. The smallest absolute Gasteiger partial charge is 0.0624 e. The van der Waals surface area contributed by atoms with Crippen LogP contribution in [-0.4, -0.2) is 11.7 Å². The lowest BCUT2D eigenvalue weighted by molar-refractivity contribution is 0.267. The fourth-order valence-corrected chi connectivity index (χ4v) is 2.71. The van der Waals surface area contributed by atoms with Gasteiger partial charge in [0.25, 0.3) is 0 Å². The summed E-state index contributed by atoms with van der Waals surface area (Å²) in [5.74, 6) is 0. The number of nitrogens with two attached hydrogens (primary N) is 1. The molecule has 0 spiro atoms. The van der Waals surface area contributed by atoms with Crippen molar-refractivity contribution in [2.24, 2.45) is 5.73 Å². The second-order valence-electron chi connectivity index (χ2n) is 3.74. The Kier molecular flexibility index (Phi) is 2.91. The molecule has 0 fully saturated rings. The van der Waals surface area contributed by atoms with Gasteiger partial charge < -0.3 is 10.8 Å². The standard InChI is InChI=1S/C11H14BrNO/c12-10-5-4-9(11(13)6-14)7-2-1-3-8(7)10/h4-5,11,14H,1-3,6,13H2/t11-/m1/s1. The molecule has 0 bridgehead atoms. The average Bonchev–Trinajstić information content (AvgIpc) is 2.67. The zero-order chi connectivity index (χ0) is 10.1. The summed E-state index contributed by atoms with van der Waals surface area (Å²) in [7, 11) is 0. The topological polar surface area (TPSA) is 46.2 Å². The van der Waals surface area contributed by atoms with Crippen LogP contribution in [0.15, 0.2) is 16.6 Å². The van der Waals surface area contributed by atoms with Crippen LogP contribution in [-0.2, 0) is 12.8 Å². The Labute approximate surface area is 92.3 Å². The van der Waals surface area contributed by atoms with Gasteiger partial charge in [0.2, 0.25) is 0 Å². The Morgan fingerprint density at radius 2 is 2.07 bits per heavy atom. The first-order valence-corrected chi connectivity index (χ1v) is 5.70. The van der Waals surface area contributed by atoms with E-state index >= 15 is 0 Å². The molecule has 3 heteroatoms. The predicted molar refractivity (Wildman–Crippen MR) is 60.2 cm³/mol. The van der Waals surface area contributed by atoms with Gasteiger partial charge in [-0.05, 0) is 42.0 Å². The number of halogens is 1. The second-order valence-corrected chi connectivity index (χ2v) is 4.59. The van der Waals surface area contributed by atoms with Crippen molar-refractivity contribution in [2.75, 3.05) is 6.61 Å². The van der Waals surface area contributed by atoms with Gasteiger partial charge >= 0.3 is 0 Å². The average molecular weight is 256 g/mol. The highest BCUT2D eigenvalue weighted by atomic mass is 79.9. The number of hydrogen-bond donors (Lipinski definition) is 2. The van der Waals surface area contributed by atoms with Crippen LogP contribution in [0.2, 0.25) is 0 Å². The Morgan fingerprint density at radius 3 is 2.79 bits per heavy atom. The van der Waals surface area contributed by atoms with Crippen LogP contribution in [0.4, 0.5) is 0 Å². The first-order chi connectivity index (χ1) is 6.74. The van der Waals surface area contributed by atoms with E-state index < -0.39 is 0 Å². The highest BCUT2D eigenvalue weighted by molar-refractivity contribution is 9.10. The summed E-state index contributed by atoms with van der Waals surface area (Å²) in [6.45, 7) is 0.0219. The molecular formula is C11H14BrNO. The molecule has 1 aliphatic carbocycles. The summed E-state index contributed by atoms with van der Waals surface area (Å²) in [6.07, 6.45) is 3.42. The summed E-state index contributed by atoms with van der Waals surface area (Å²) in [5, 5.41) is 9.05. The molecule has 1 aliphatic rings. The van der Waals surface area contributed by atoms with Crippen LogP contribution < -0.4 is 5.73 Å². The largest absolute Gasteiger partial charge is 0.394 e. The molecule has 0 aliphatic heterocycles. The molecule has 0 heterocycles. The van der Waals surface area contributed by atoms with E-state index in [1.54, 1.807) is 0 Å². The van der Waals surface area contributed by atoms with Crippen molar-refractivity contribution < 1.29 is 5.11 Å². The van der Waals surface area contributed by atoms with Gasteiger partial charge in [0.05, 0.1) is 12.6 Å². The molecule has 0 aromatic heterocycles. The minimum Gasteiger partial charge on any atom is -0.394 e. The first-order valence-electron chi connectivity index (χ1n) is 4.90. The highest BCUT2D eigenvalue weighted by Gasteiger charge is 2.20. The number of rotatable bonds is 2. The summed E-state index contributed by atoms with van der Waals surface area (Å²) >= 11 is 3.55. The molecule has 1 aromatic rings. The van der Waals surface area contributed by atoms with Crippen molar-refractivity contribution >= 4 is 15.9 Å². The second kappa shape index (κ2) is 4.01. The summed E-state index contributed by atoms with van der Waals surface area (Å²) in [4.78, 5) is 0. The molecule has 0 amide bonds. The Balaban J connectivity index is 2.48. The zero-order valence-electron chi connectivity index (χ0n) is 7.96. The van der Waals surface area contributed by atoms with Gasteiger partial charge in [-0.15, -0.1) is 0 Å². The molecule has 2 rings (SSSR count). The first kappa shape index (κ1) is 10.1. The van der Waals surface area contributed by atoms with Gasteiger partial charge in [-0.3, -0.25) is 0 Å². The minimum atomic E-state index is -0.227. The van der Waals surface area contributed by atoms with Crippen LogP contribution in [0.25, 0.3) is 0 Å².